The van der Waals surface area contributed by atoms with Crippen molar-refractivity contribution in [3.8, 4) is 0 Å². The molecule has 0 aliphatic carbocycles. The van der Waals surface area contributed by atoms with Gasteiger partial charge in [-0.2, -0.15) is 4.31 Å². The van der Waals surface area contributed by atoms with Gasteiger partial charge in [0.2, 0.25) is 15.9 Å². The van der Waals surface area contributed by atoms with Crippen LogP contribution in [0, 0.1) is 6.92 Å². The van der Waals surface area contributed by atoms with Crippen molar-refractivity contribution in [2.75, 3.05) is 18.8 Å². The lowest BCUT2D eigenvalue weighted by Gasteiger charge is -2.33. The van der Waals surface area contributed by atoms with Crippen molar-refractivity contribution in [1.29, 1.82) is 0 Å². The predicted octanol–water partition coefficient (Wildman–Crippen LogP) is 1.24. The molecule has 1 saturated heterocycles. The normalized spacial score (nSPS) is 20.3. The van der Waals surface area contributed by atoms with E-state index in [9.17, 15) is 13.2 Å². The maximum atomic E-state index is 12.9. The summed E-state index contributed by atoms with van der Waals surface area (Å²) in [5, 5.41) is 2.69. The maximum Gasteiger partial charge on any atom is 0.244 e. The third-order valence-corrected chi connectivity index (χ3v) is 6.11. The number of halogens is 1. The second-order valence-corrected chi connectivity index (χ2v) is 7.72. The number of carbonyl (C=O) groups excluding carboxylic acids is 1. The Kier molecular flexibility index (Phi) is 4.60. The average molecular weight is 376 g/mol. The SMILES string of the molecule is CCC1C(=O)NCCN1S(=O)(=O)c1cc(Br)cc(N)c1C. The predicted molar refractivity (Wildman–Crippen MR) is 84.3 cm³/mol. The first-order valence-corrected chi connectivity index (χ1v) is 8.87. The topological polar surface area (TPSA) is 92.5 Å². The van der Waals surface area contributed by atoms with Crippen molar-refractivity contribution >= 4 is 37.5 Å². The summed E-state index contributed by atoms with van der Waals surface area (Å²) in [6, 6.07) is 2.51. The van der Waals surface area contributed by atoms with Gasteiger partial charge in [0.25, 0.3) is 0 Å². The number of amides is 1. The Morgan fingerprint density at radius 1 is 1.48 bits per heavy atom. The Morgan fingerprint density at radius 2 is 2.14 bits per heavy atom. The molecular weight excluding hydrogens is 358 g/mol. The Morgan fingerprint density at radius 3 is 2.76 bits per heavy atom. The molecule has 1 fully saturated rings. The Balaban J connectivity index is 2.54. The van der Waals surface area contributed by atoms with Crippen LogP contribution in [0.2, 0.25) is 0 Å². The van der Waals surface area contributed by atoms with E-state index < -0.39 is 16.1 Å². The number of piperazine rings is 1. The number of nitrogens with one attached hydrogen (secondary N) is 1. The van der Waals surface area contributed by atoms with Crippen molar-refractivity contribution in [2.24, 2.45) is 0 Å². The number of anilines is 1. The minimum Gasteiger partial charge on any atom is -0.398 e. The van der Waals surface area contributed by atoms with E-state index in [1.165, 1.54) is 10.4 Å². The molecule has 1 aromatic carbocycles. The van der Waals surface area contributed by atoms with Gasteiger partial charge in [-0.1, -0.05) is 22.9 Å². The summed E-state index contributed by atoms with van der Waals surface area (Å²) in [5.74, 6) is -0.257. The van der Waals surface area contributed by atoms with E-state index in [1.54, 1.807) is 19.9 Å². The number of sulfonamides is 1. The molecule has 0 bridgehead atoms. The number of benzene rings is 1. The van der Waals surface area contributed by atoms with Gasteiger partial charge in [0, 0.05) is 23.2 Å². The summed E-state index contributed by atoms with van der Waals surface area (Å²) in [5.41, 5.74) is 6.75. The molecule has 1 atom stereocenters. The highest BCUT2D eigenvalue weighted by Gasteiger charge is 2.38. The van der Waals surface area contributed by atoms with Crippen LogP contribution in [0.3, 0.4) is 0 Å². The number of nitrogens with zero attached hydrogens (tertiary/aromatic N) is 1. The van der Waals surface area contributed by atoms with Crippen molar-refractivity contribution < 1.29 is 13.2 Å². The lowest BCUT2D eigenvalue weighted by Crippen LogP contribution is -2.56. The number of nitrogens with two attached hydrogens (primary N) is 1. The number of nitrogen functional groups attached to an aromatic ring is 1. The molecule has 3 N–H and O–H groups in total. The first-order valence-electron chi connectivity index (χ1n) is 6.64. The molecule has 0 spiro atoms. The van der Waals surface area contributed by atoms with Crippen LogP contribution in [0.1, 0.15) is 18.9 Å². The number of rotatable bonds is 3. The largest absolute Gasteiger partial charge is 0.398 e. The molecule has 6 nitrogen and oxygen atoms in total. The lowest BCUT2D eigenvalue weighted by molar-refractivity contribution is -0.126. The molecule has 8 heteroatoms. The van der Waals surface area contributed by atoms with Crippen LogP contribution in [0.15, 0.2) is 21.5 Å². The fourth-order valence-corrected chi connectivity index (χ4v) is 5.01. The Hall–Kier alpha value is -1.12. The lowest BCUT2D eigenvalue weighted by atomic mass is 10.2. The summed E-state index contributed by atoms with van der Waals surface area (Å²) < 4.78 is 27.7. The van der Waals surface area contributed by atoms with Crippen LogP contribution in [0.5, 0.6) is 0 Å². The molecule has 0 saturated carbocycles. The van der Waals surface area contributed by atoms with Gasteiger partial charge >= 0.3 is 0 Å². The fraction of sp³-hybridized carbons (Fsp3) is 0.462. The average Bonchev–Trinajstić information content (AvgIpc) is 2.42. The maximum absolute atomic E-state index is 12.9. The van der Waals surface area contributed by atoms with E-state index in [4.69, 9.17) is 5.73 Å². The van der Waals surface area contributed by atoms with Gasteiger partial charge in [-0.3, -0.25) is 4.79 Å². The third kappa shape index (κ3) is 2.93. The van der Waals surface area contributed by atoms with Gasteiger partial charge in [-0.05, 0) is 31.0 Å². The van der Waals surface area contributed by atoms with Crippen molar-refractivity contribution in [3.63, 3.8) is 0 Å². The first-order chi connectivity index (χ1) is 9.78. The molecule has 116 valence electrons. The van der Waals surface area contributed by atoms with Gasteiger partial charge in [-0.25, -0.2) is 8.42 Å². The van der Waals surface area contributed by atoms with Crippen molar-refractivity contribution in [3.05, 3.63) is 22.2 Å². The molecule has 1 aliphatic heterocycles. The van der Waals surface area contributed by atoms with E-state index in [1.807, 2.05) is 0 Å². The molecule has 1 heterocycles. The van der Waals surface area contributed by atoms with E-state index in [2.05, 4.69) is 21.2 Å². The molecule has 1 amide bonds. The zero-order chi connectivity index (χ0) is 15.8. The van der Waals surface area contributed by atoms with E-state index >= 15 is 0 Å². The molecular formula is C13H18BrN3O3S. The first kappa shape index (κ1) is 16.3. The van der Waals surface area contributed by atoms with Crippen molar-refractivity contribution in [1.82, 2.24) is 9.62 Å². The fourth-order valence-electron chi connectivity index (χ4n) is 2.44. The molecule has 21 heavy (non-hydrogen) atoms. The van der Waals surface area contributed by atoms with E-state index in [0.29, 0.717) is 28.7 Å². The monoisotopic (exact) mass is 375 g/mol. The molecule has 0 aromatic heterocycles. The molecule has 1 unspecified atom stereocenters. The molecule has 1 aromatic rings. The van der Waals surface area contributed by atoms with Crippen LogP contribution >= 0.6 is 15.9 Å². The summed E-state index contributed by atoms with van der Waals surface area (Å²) in [7, 11) is -3.77. The molecule has 1 aliphatic rings. The van der Waals surface area contributed by atoms with Crippen LogP contribution in [-0.4, -0.2) is 37.8 Å². The number of hydrogen-bond acceptors (Lipinski definition) is 4. The summed E-state index contributed by atoms with van der Waals surface area (Å²) in [6.07, 6.45) is 0.424. The van der Waals surface area contributed by atoms with E-state index in [-0.39, 0.29) is 17.3 Å². The zero-order valence-corrected chi connectivity index (χ0v) is 14.3. The molecule has 2 rings (SSSR count). The highest BCUT2D eigenvalue weighted by molar-refractivity contribution is 9.10. The van der Waals surface area contributed by atoms with Gasteiger partial charge in [0.15, 0.2) is 0 Å². The second kappa shape index (κ2) is 5.94. The van der Waals surface area contributed by atoms with Crippen LogP contribution in [0.25, 0.3) is 0 Å². The minimum absolute atomic E-state index is 0.141. The summed E-state index contributed by atoms with van der Waals surface area (Å²) in [6.45, 7) is 4.04. The standard InChI is InChI=1S/C13H18BrN3O3S/c1-3-11-13(18)16-4-5-17(11)21(19,20)12-7-9(14)6-10(15)8(12)2/h6-7,11H,3-5,15H2,1-2H3,(H,16,18). The highest BCUT2D eigenvalue weighted by atomic mass is 79.9. The van der Waals surface area contributed by atoms with Gasteiger partial charge in [-0.15, -0.1) is 0 Å². The van der Waals surface area contributed by atoms with Crippen LogP contribution in [-0.2, 0) is 14.8 Å². The van der Waals surface area contributed by atoms with Crippen LogP contribution in [0.4, 0.5) is 5.69 Å². The number of hydrogen-bond donors (Lipinski definition) is 2. The van der Waals surface area contributed by atoms with Crippen molar-refractivity contribution in [2.45, 2.75) is 31.2 Å². The highest BCUT2D eigenvalue weighted by Crippen LogP contribution is 2.30. The summed E-state index contributed by atoms with van der Waals surface area (Å²) in [4.78, 5) is 12.0. The Bertz CT molecular complexity index is 675. The van der Waals surface area contributed by atoms with E-state index in [0.717, 1.165) is 0 Å². The smallest absolute Gasteiger partial charge is 0.244 e. The minimum atomic E-state index is -3.77. The second-order valence-electron chi connectivity index (χ2n) is 4.95. The van der Waals surface area contributed by atoms with Gasteiger partial charge in [0.05, 0.1) is 4.90 Å². The Labute approximate surface area is 132 Å². The van der Waals surface area contributed by atoms with Gasteiger partial charge < -0.3 is 11.1 Å². The van der Waals surface area contributed by atoms with Gasteiger partial charge in [0.1, 0.15) is 6.04 Å². The molecule has 0 radical (unpaired) electrons. The third-order valence-electron chi connectivity index (χ3n) is 3.62. The summed E-state index contributed by atoms with van der Waals surface area (Å²) >= 11 is 3.27. The zero-order valence-electron chi connectivity index (χ0n) is 11.9. The number of carbonyl (C=O) groups is 1. The quantitative estimate of drug-likeness (QED) is 0.777. The van der Waals surface area contributed by atoms with Crippen LogP contribution < -0.4 is 11.1 Å².